The van der Waals surface area contributed by atoms with E-state index in [0.717, 1.165) is 69.4 Å². The number of rotatable bonds is 4. The smallest absolute Gasteiger partial charge is 0.225 e. The second-order valence-electron chi connectivity index (χ2n) is 10.0. The number of fused-ring (bicyclic) bond motifs is 3. The van der Waals surface area contributed by atoms with Crippen molar-refractivity contribution < 1.29 is 4.79 Å². The lowest BCUT2D eigenvalue weighted by Crippen LogP contribution is -2.50. The number of carbonyl (C=O) groups is 1. The average molecular weight is 441 g/mol. The van der Waals surface area contributed by atoms with Crippen molar-refractivity contribution in [2.75, 3.05) is 31.1 Å². The van der Waals surface area contributed by atoms with Crippen molar-refractivity contribution in [3.63, 3.8) is 0 Å². The monoisotopic (exact) mass is 440 g/mol. The van der Waals surface area contributed by atoms with Crippen molar-refractivity contribution in [3.05, 3.63) is 16.3 Å². The average Bonchev–Trinajstić information content (AvgIpc) is 3.45. The van der Waals surface area contributed by atoms with E-state index in [0.29, 0.717) is 11.8 Å². The summed E-state index contributed by atoms with van der Waals surface area (Å²) in [5.41, 5.74) is 1.51. The summed E-state index contributed by atoms with van der Waals surface area (Å²) in [5, 5.41) is 1.31. The highest BCUT2D eigenvalue weighted by atomic mass is 32.1. The fraction of sp³-hybridized carbons (Fsp3) is 0.720. The molecule has 1 saturated heterocycles. The van der Waals surface area contributed by atoms with Crippen molar-refractivity contribution in [2.45, 2.75) is 78.1 Å². The van der Waals surface area contributed by atoms with Crippen LogP contribution < -0.4 is 4.90 Å². The Bertz CT molecular complexity index is 956. The topological polar surface area (TPSA) is 49.3 Å². The van der Waals surface area contributed by atoms with Crippen LogP contribution in [0.1, 0.15) is 81.5 Å². The van der Waals surface area contributed by atoms with Crippen LogP contribution in [0.2, 0.25) is 0 Å². The minimum Gasteiger partial charge on any atom is -0.352 e. The third kappa shape index (κ3) is 3.96. The molecule has 31 heavy (non-hydrogen) atoms. The molecule has 3 heterocycles. The summed E-state index contributed by atoms with van der Waals surface area (Å²) < 4.78 is 0. The number of piperazine rings is 1. The summed E-state index contributed by atoms with van der Waals surface area (Å²) in [4.78, 5) is 30.4. The molecule has 0 bridgehead atoms. The molecule has 2 aliphatic carbocycles. The van der Waals surface area contributed by atoms with E-state index in [1.807, 2.05) is 11.3 Å². The van der Waals surface area contributed by atoms with E-state index >= 15 is 0 Å². The van der Waals surface area contributed by atoms with Gasteiger partial charge in [-0.1, -0.05) is 33.6 Å². The maximum Gasteiger partial charge on any atom is 0.225 e. The lowest BCUT2D eigenvalue weighted by Gasteiger charge is -2.37. The van der Waals surface area contributed by atoms with Gasteiger partial charge in [0.05, 0.1) is 5.39 Å². The largest absolute Gasteiger partial charge is 0.352 e. The molecule has 6 heteroatoms. The van der Waals surface area contributed by atoms with Gasteiger partial charge in [-0.3, -0.25) is 4.79 Å². The van der Waals surface area contributed by atoms with Gasteiger partial charge in [0, 0.05) is 42.9 Å². The molecule has 1 saturated carbocycles. The summed E-state index contributed by atoms with van der Waals surface area (Å²) >= 11 is 1.90. The molecule has 2 atom stereocenters. The molecule has 2 aromatic heterocycles. The highest BCUT2D eigenvalue weighted by Gasteiger charge is 2.32. The summed E-state index contributed by atoms with van der Waals surface area (Å²) in [7, 11) is 0. The first-order valence-electron chi connectivity index (χ1n) is 12.4. The van der Waals surface area contributed by atoms with E-state index in [2.05, 4.69) is 30.6 Å². The number of thiophene rings is 1. The van der Waals surface area contributed by atoms with Gasteiger partial charge in [-0.25, -0.2) is 9.97 Å². The Hall–Kier alpha value is -1.69. The zero-order chi connectivity index (χ0) is 21.5. The number of carbonyl (C=O) groups excluding carboxylic acids is 1. The highest BCUT2D eigenvalue weighted by molar-refractivity contribution is 7.19. The number of amides is 1. The molecule has 0 aromatic carbocycles. The SMILES string of the molecule is CCC(C)c1nc(N2CCN(C(=O)C3CCCC3)CC2)c2c3c(sc2n1)CC(C)CC3. The van der Waals surface area contributed by atoms with Crippen LogP contribution in [0.5, 0.6) is 0 Å². The quantitative estimate of drug-likeness (QED) is 0.658. The van der Waals surface area contributed by atoms with Gasteiger partial charge in [0.1, 0.15) is 16.5 Å². The van der Waals surface area contributed by atoms with E-state index < -0.39 is 0 Å². The van der Waals surface area contributed by atoms with Gasteiger partial charge in [-0.05, 0) is 50.0 Å². The van der Waals surface area contributed by atoms with Crippen molar-refractivity contribution in [1.29, 1.82) is 0 Å². The standard InChI is InChI=1S/C25H36N4OS/c1-4-17(3)22-26-23(21-19-10-9-16(2)15-20(19)31-24(21)27-22)28-11-13-29(14-12-28)25(30)18-7-5-6-8-18/h16-18H,4-15H2,1-3H3. The summed E-state index contributed by atoms with van der Waals surface area (Å²) in [5.74, 6) is 3.93. The molecule has 5 nitrogen and oxygen atoms in total. The fourth-order valence-electron chi connectivity index (χ4n) is 5.54. The van der Waals surface area contributed by atoms with Crippen LogP contribution >= 0.6 is 11.3 Å². The Morgan fingerprint density at radius 3 is 2.58 bits per heavy atom. The van der Waals surface area contributed by atoms with Gasteiger partial charge < -0.3 is 9.80 Å². The first-order valence-corrected chi connectivity index (χ1v) is 13.2. The molecule has 0 spiro atoms. The van der Waals surface area contributed by atoms with E-state index in [1.54, 1.807) is 0 Å². The maximum atomic E-state index is 12.9. The van der Waals surface area contributed by atoms with Crippen molar-refractivity contribution in [3.8, 4) is 0 Å². The minimum atomic E-state index is 0.278. The summed E-state index contributed by atoms with van der Waals surface area (Å²) in [6, 6.07) is 0. The van der Waals surface area contributed by atoms with Crippen LogP contribution in [-0.4, -0.2) is 47.0 Å². The molecule has 2 aromatic rings. The van der Waals surface area contributed by atoms with Gasteiger partial charge in [0.15, 0.2) is 0 Å². The van der Waals surface area contributed by atoms with Crippen LogP contribution in [0.15, 0.2) is 0 Å². The number of aromatic nitrogens is 2. The van der Waals surface area contributed by atoms with Crippen LogP contribution in [-0.2, 0) is 17.6 Å². The predicted molar refractivity (Wildman–Crippen MR) is 128 cm³/mol. The van der Waals surface area contributed by atoms with Crippen molar-refractivity contribution in [2.24, 2.45) is 11.8 Å². The summed E-state index contributed by atoms with van der Waals surface area (Å²) in [6.07, 6.45) is 9.25. The van der Waals surface area contributed by atoms with E-state index in [9.17, 15) is 4.79 Å². The number of aryl methyl sites for hydroxylation is 1. The van der Waals surface area contributed by atoms with Crippen molar-refractivity contribution in [1.82, 2.24) is 14.9 Å². The van der Waals surface area contributed by atoms with Gasteiger partial charge >= 0.3 is 0 Å². The lowest BCUT2D eigenvalue weighted by molar-refractivity contribution is -0.135. The first kappa shape index (κ1) is 21.2. The second kappa shape index (κ2) is 8.68. The van der Waals surface area contributed by atoms with E-state index in [4.69, 9.17) is 9.97 Å². The van der Waals surface area contributed by atoms with Crippen LogP contribution in [0.4, 0.5) is 5.82 Å². The second-order valence-corrected chi connectivity index (χ2v) is 11.1. The molecule has 3 aliphatic rings. The molecule has 1 amide bonds. The molecule has 5 rings (SSSR count). The molecule has 2 unspecified atom stereocenters. The van der Waals surface area contributed by atoms with Gasteiger partial charge in [0.25, 0.3) is 0 Å². The Morgan fingerprint density at radius 1 is 1.13 bits per heavy atom. The predicted octanol–water partition coefficient (Wildman–Crippen LogP) is 5.17. The first-order chi connectivity index (χ1) is 15.0. The van der Waals surface area contributed by atoms with Gasteiger partial charge in [-0.15, -0.1) is 11.3 Å². The molecule has 1 aliphatic heterocycles. The zero-order valence-electron chi connectivity index (χ0n) is 19.3. The molecule has 168 valence electrons. The Labute approximate surface area is 190 Å². The third-order valence-corrected chi connectivity index (χ3v) is 8.95. The third-order valence-electron chi connectivity index (χ3n) is 7.80. The van der Waals surface area contributed by atoms with Crippen LogP contribution in [0, 0.1) is 11.8 Å². The fourth-order valence-corrected chi connectivity index (χ4v) is 6.92. The van der Waals surface area contributed by atoms with Crippen molar-refractivity contribution >= 4 is 33.3 Å². The number of hydrogen-bond donors (Lipinski definition) is 0. The van der Waals surface area contributed by atoms with Crippen LogP contribution in [0.3, 0.4) is 0 Å². The number of anilines is 1. The molecule has 2 fully saturated rings. The molecule has 0 N–H and O–H groups in total. The number of nitrogens with zero attached hydrogens (tertiary/aromatic N) is 4. The Balaban J connectivity index is 1.45. The molecule has 0 radical (unpaired) electrons. The minimum absolute atomic E-state index is 0.278. The Morgan fingerprint density at radius 2 is 1.87 bits per heavy atom. The lowest BCUT2D eigenvalue weighted by atomic mass is 9.89. The molecular formula is C25H36N4OS. The van der Waals surface area contributed by atoms with Gasteiger partial charge in [0.2, 0.25) is 5.91 Å². The number of hydrogen-bond acceptors (Lipinski definition) is 5. The van der Waals surface area contributed by atoms with E-state index in [-0.39, 0.29) is 5.92 Å². The maximum absolute atomic E-state index is 12.9. The van der Waals surface area contributed by atoms with Crippen LogP contribution in [0.25, 0.3) is 10.2 Å². The van der Waals surface area contributed by atoms with Gasteiger partial charge in [-0.2, -0.15) is 0 Å². The summed E-state index contributed by atoms with van der Waals surface area (Å²) in [6.45, 7) is 10.2. The highest BCUT2D eigenvalue weighted by Crippen LogP contribution is 2.42. The Kier molecular flexibility index (Phi) is 5.93. The van der Waals surface area contributed by atoms with E-state index in [1.165, 1.54) is 46.3 Å². The zero-order valence-corrected chi connectivity index (χ0v) is 20.1. The normalized spacial score (nSPS) is 23.4. The molecular weight excluding hydrogens is 404 g/mol.